The highest BCUT2D eigenvalue weighted by Crippen LogP contribution is 2.30. The fourth-order valence-corrected chi connectivity index (χ4v) is 2.41. The number of fused-ring (bicyclic) bond motifs is 1. The van der Waals surface area contributed by atoms with Crippen molar-refractivity contribution < 1.29 is 19.0 Å². The summed E-state index contributed by atoms with van der Waals surface area (Å²) in [5.41, 5.74) is 1.60. The van der Waals surface area contributed by atoms with Gasteiger partial charge in [0.15, 0.2) is 11.5 Å². The SMILES string of the molecule is COc1cccc(NC(=O)Cc2ccc3c(c2)OCCCO3)c1. The van der Waals surface area contributed by atoms with E-state index < -0.39 is 0 Å². The number of rotatable bonds is 4. The zero-order valence-electron chi connectivity index (χ0n) is 13.0. The quantitative estimate of drug-likeness (QED) is 0.942. The zero-order chi connectivity index (χ0) is 16.1. The molecule has 0 saturated heterocycles. The number of carbonyl (C=O) groups is 1. The molecule has 1 aliphatic heterocycles. The van der Waals surface area contributed by atoms with Crippen LogP contribution in [0.4, 0.5) is 5.69 Å². The van der Waals surface area contributed by atoms with Crippen LogP contribution in [0.5, 0.6) is 17.2 Å². The lowest BCUT2D eigenvalue weighted by atomic mass is 10.1. The van der Waals surface area contributed by atoms with E-state index >= 15 is 0 Å². The van der Waals surface area contributed by atoms with E-state index in [-0.39, 0.29) is 12.3 Å². The normalized spacial score (nSPS) is 13.1. The molecule has 0 unspecified atom stereocenters. The van der Waals surface area contributed by atoms with Crippen LogP contribution in [0.15, 0.2) is 42.5 Å². The van der Waals surface area contributed by atoms with Crippen molar-refractivity contribution in [2.75, 3.05) is 25.6 Å². The smallest absolute Gasteiger partial charge is 0.228 e. The van der Waals surface area contributed by atoms with Crippen molar-refractivity contribution in [1.82, 2.24) is 0 Å². The molecule has 1 amide bonds. The Morgan fingerprint density at radius 3 is 2.78 bits per heavy atom. The Hall–Kier alpha value is -2.69. The van der Waals surface area contributed by atoms with Gasteiger partial charge >= 0.3 is 0 Å². The Morgan fingerprint density at radius 1 is 1.13 bits per heavy atom. The molecule has 120 valence electrons. The van der Waals surface area contributed by atoms with Crippen LogP contribution in [-0.4, -0.2) is 26.2 Å². The molecule has 1 heterocycles. The van der Waals surface area contributed by atoms with Crippen molar-refractivity contribution >= 4 is 11.6 Å². The van der Waals surface area contributed by atoms with Crippen molar-refractivity contribution in [3.63, 3.8) is 0 Å². The molecule has 1 N–H and O–H groups in total. The van der Waals surface area contributed by atoms with Gasteiger partial charge in [-0.05, 0) is 29.8 Å². The first-order valence-electron chi connectivity index (χ1n) is 7.57. The molecule has 0 radical (unpaired) electrons. The summed E-state index contributed by atoms with van der Waals surface area (Å²) in [5, 5.41) is 2.87. The molecule has 0 spiro atoms. The second-order valence-electron chi connectivity index (χ2n) is 5.29. The van der Waals surface area contributed by atoms with Gasteiger partial charge in [-0.3, -0.25) is 4.79 Å². The largest absolute Gasteiger partial charge is 0.497 e. The summed E-state index contributed by atoms with van der Waals surface area (Å²) in [5.74, 6) is 2.06. The van der Waals surface area contributed by atoms with E-state index in [4.69, 9.17) is 14.2 Å². The molecular formula is C18H19NO4. The molecule has 5 heteroatoms. The fraction of sp³-hybridized carbons (Fsp3) is 0.278. The first kappa shape index (κ1) is 15.2. The van der Waals surface area contributed by atoms with Crippen LogP contribution in [0.3, 0.4) is 0 Å². The van der Waals surface area contributed by atoms with Crippen LogP contribution < -0.4 is 19.5 Å². The number of nitrogens with one attached hydrogen (secondary N) is 1. The minimum atomic E-state index is -0.0901. The van der Waals surface area contributed by atoms with Gasteiger partial charge in [0.1, 0.15) is 5.75 Å². The molecule has 2 aromatic carbocycles. The van der Waals surface area contributed by atoms with Crippen LogP contribution in [0.1, 0.15) is 12.0 Å². The molecule has 0 saturated carbocycles. The number of hydrogen-bond donors (Lipinski definition) is 1. The van der Waals surface area contributed by atoms with Gasteiger partial charge in [0.2, 0.25) is 5.91 Å². The number of amides is 1. The standard InChI is InChI=1S/C18H19NO4/c1-21-15-5-2-4-14(12-15)19-18(20)11-13-6-7-16-17(10-13)23-9-3-8-22-16/h2,4-7,10,12H,3,8-9,11H2,1H3,(H,19,20). The van der Waals surface area contributed by atoms with E-state index in [1.165, 1.54) is 0 Å². The van der Waals surface area contributed by atoms with Crippen LogP contribution in [0, 0.1) is 0 Å². The predicted octanol–water partition coefficient (Wildman–Crippen LogP) is 3.04. The molecule has 0 aromatic heterocycles. The minimum absolute atomic E-state index is 0.0901. The van der Waals surface area contributed by atoms with Gasteiger partial charge in [-0.15, -0.1) is 0 Å². The third kappa shape index (κ3) is 3.94. The predicted molar refractivity (Wildman–Crippen MR) is 87.4 cm³/mol. The summed E-state index contributed by atoms with van der Waals surface area (Å²) in [7, 11) is 1.60. The van der Waals surface area contributed by atoms with Crippen molar-refractivity contribution in [2.45, 2.75) is 12.8 Å². The number of ether oxygens (including phenoxy) is 3. The number of methoxy groups -OCH3 is 1. The average molecular weight is 313 g/mol. The van der Waals surface area contributed by atoms with E-state index in [2.05, 4.69) is 5.32 Å². The molecular weight excluding hydrogens is 294 g/mol. The molecule has 5 nitrogen and oxygen atoms in total. The van der Waals surface area contributed by atoms with E-state index in [9.17, 15) is 4.79 Å². The van der Waals surface area contributed by atoms with Crippen molar-refractivity contribution in [1.29, 1.82) is 0 Å². The summed E-state index contributed by atoms with van der Waals surface area (Å²) in [6, 6.07) is 12.9. The van der Waals surface area contributed by atoms with Crippen LogP contribution >= 0.6 is 0 Å². The molecule has 1 aliphatic rings. The molecule has 0 atom stereocenters. The zero-order valence-corrected chi connectivity index (χ0v) is 13.0. The highest BCUT2D eigenvalue weighted by molar-refractivity contribution is 5.92. The highest BCUT2D eigenvalue weighted by atomic mass is 16.5. The second kappa shape index (κ2) is 7.05. The van der Waals surface area contributed by atoms with Crippen LogP contribution in [-0.2, 0) is 11.2 Å². The first-order chi connectivity index (χ1) is 11.2. The van der Waals surface area contributed by atoms with Gasteiger partial charge in [-0.1, -0.05) is 12.1 Å². The van der Waals surface area contributed by atoms with E-state index in [0.29, 0.717) is 30.4 Å². The topological polar surface area (TPSA) is 56.8 Å². The van der Waals surface area contributed by atoms with Crippen molar-refractivity contribution in [3.05, 3.63) is 48.0 Å². The third-order valence-corrected chi connectivity index (χ3v) is 3.53. The summed E-state index contributed by atoms with van der Waals surface area (Å²) in [6.07, 6.45) is 1.13. The van der Waals surface area contributed by atoms with E-state index in [0.717, 1.165) is 17.7 Å². The molecule has 23 heavy (non-hydrogen) atoms. The Morgan fingerprint density at radius 2 is 1.96 bits per heavy atom. The van der Waals surface area contributed by atoms with Gasteiger partial charge in [0.05, 0.1) is 26.7 Å². The summed E-state index contributed by atoms with van der Waals surface area (Å²) < 4.78 is 16.4. The maximum atomic E-state index is 12.2. The van der Waals surface area contributed by atoms with Gasteiger partial charge in [-0.2, -0.15) is 0 Å². The summed E-state index contributed by atoms with van der Waals surface area (Å²) >= 11 is 0. The van der Waals surface area contributed by atoms with E-state index in [1.807, 2.05) is 36.4 Å². The van der Waals surface area contributed by atoms with Gasteiger partial charge < -0.3 is 19.5 Å². The molecule has 3 rings (SSSR count). The maximum absolute atomic E-state index is 12.2. The lowest BCUT2D eigenvalue weighted by Crippen LogP contribution is -2.14. The molecule has 2 aromatic rings. The van der Waals surface area contributed by atoms with Crippen molar-refractivity contribution in [2.24, 2.45) is 0 Å². The Labute approximate surface area is 135 Å². The monoisotopic (exact) mass is 313 g/mol. The summed E-state index contributed by atoms with van der Waals surface area (Å²) in [4.78, 5) is 12.2. The number of hydrogen-bond acceptors (Lipinski definition) is 4. The second-order valence-corrected chi connectivity index (χ2v) is 5.29. The maximum Gasteiger partial charge on any atom is 0.228 e. The fourth-order valence-electron chi connectivity index (χ4n) is 2.41. The molecule has 0 aliphatic carbocycles. The third-order valence-electron chi connectivity index (χ3n) is 3.53. The highest BCUT2D eigenvalue weighted by Gasteiger charge is 2.12. The Balaban J connectivity index is 1.66. The van der Waals surface area contributed by atoms with Crippen molar-refractivity contribution in [3.8, 4) is 17.2 Å². The van der Waals surface area contributed by atoms with E-state index in [1.54, 1.807) is 13.2 Å². The van der Waals surface area contributed by atoms with Crippen LogP contribution in [0.2, 0.25) is 0 Å². The van der Waals surface area contributed by atoms with Gasteiger partial charge in [0, 0.05) is 18.2 Å². The molecule has 0 bridgehead atoms. The lowest BCUT2D eigenvalue weighted by Gasteiger charge is -2.10. The van der Waals surface area contributed by atoms with Gasteiger partial charge in [0.25, 0.3) is 0 Å². The van der Waals surface area contributed by atoms with Gasteiger partial charge in [-0.25, -0.2) is 0 Å². The van der Waals surface area contributed by atoms with Crippen LogP contribution in [0.25, 0.3) is 0 Å². The average Bonchev–Trinajstić information content (AvgIpc) is 2.79. The number of carbonyl (C=O) groups excluding carboxylic acids is 1. The minimum Gasteiger partial charge on any atom is -0.497 e. The first-order valence-corrected chi connectivity index (χ1v) is 7.57. The lowest BCUT2D eigenvalue weighted by molar-refractivity contribution is -0.115. The Bertz CT molecular complexity index is 699. The summed E-state index contributed by atoms with van der Waals surface area (Å²) in [6.45, 7) is 1.29. The number of benzene rings is 2. The Kier molecular flexibility index (Phi) is 4.66. The number of anilines is 1. The molecule has 0 fully saturated rings.